The third kappa shape index (κ3) is 2.42. The van der Waals surface area contributed by atoms with Gasteiger partial charge in [-0.3, -0.25) is 0 Å². The highest BCUT2D eigenvalue weighted by Crippen LogP contribution is 2.20. The SMILES string of the molecule is CC(C)c1cc(N[C@@H]2CCN(C)C2)n2nccc2n1. The fraction of sp³-hybridized carbons (Fsp3) is 0.571. The summed E-state index contributed by atoms with van der Waals surface area (Å²) in [6, 6.07) is 4.58. The molecule has 2 aromatic heterocycles. The van der Waals surface area contributed by atoms with Crippen LogP contribution in [0.1, 0.15) is 31.9 Å². The first kappa shape index (κ1) is 12.4. The van der Waals surface area contributed by atoms with Crippen LogP contribution >= 0.6 is 0 Å². The monoisotopic (exact) mass is 259 g/mol. The minimum Gasteiger partial charge on any atom is -0.366 e. The molecule has 0 amide bonds. The Bertz CT molecular complexity index is 574. The second-order valence-corrected chi connectivity index (χ2v) is 5.71. The van der Waals surface area contributed by atoms with E-state index in [4.69, 9.17) is 0 Å². The molecule has 0 unspecified atom stereocenters. The van der Waals surface area contributed by atoms with E-state index in [1.54, 1.807) is 6.20 Å². The van der Waals surface area contributed by atoms with Gasteiger partial charge >= 0.3 is 0 Å². The van der Waals surface area contributed by atoms with Crippen molar-refractivity contribution in [1.82, 2.24) is 19.5 Å². The van der Waals surface area contributed by atoms with Crippen LogP contribution in [0.2, 0.25) is 0 Å². The molecule has 1 N–H and O–H groups in total. The highest BCUT2D eigenvalue weighted by molar-refractivity contribution is 5.50. The number of rotatable bonds is 3. The van der Waals surface area contributed by atoms with E-state index in [0.29, 0.717) is 12.0 Å². The molecule has 1 aliphatic heterocycles. The number of aromatic nitrogens is 3. The number of hydrogen-bond acceptors (Lipinski definition) is 4. The topological polar surface area (TPSA) is 45.5 Å². The van der Waals surface area contributed by atoms with Gasteiger partial charge in [0.1, 0.15) is 5.82 Å². The van der Waals surface area contributed by atoms with E-state index < -0.39 is 0 Å². The molecule has 19 heavy (non-hydrogen) atoms. The predicted octanol–water partition coefficient (Wildman–Crippen LogP) is 1.97. The maximum absolute atomic E-state index is 4.63. The highest BCUT2D eigenvalue weighted by Gasteiger charge is 2.20. The fourth-order valence-electron chi connectivity index (χ4n) is 2.59. The molecule has 1 saturated heterocycles. The predicted molar refractivity (Wildman–Crippen MR) is 76.6 cm³/mol. The highest BCUT2D eigenvalue weighted by atomic mass is 15.3. The van der Waals surface area contributed by atoms with Crippen molar-refractivity contribution in [2.75, 3.05) is 25.5 Å². The van der Waals surface area contributed by atoms with Crippen molar-refractivity contribution >= 4 is 11.5 Å². The third-order valence-electron chi connectivity index (χ3n) is 3.71. The zero-order valence-electron chi connectivity index (χ0n) is 11.8. The number of hydrogen-bond donors (Lipinski definition) is 1. The normalized spacial score (nSPS) is 20.5. The van der Waals surface area contributed by atoms with E-state index >= 15 is 0 Å². The Balaban J connectivity index is 1.94. The lowest BCUT2D eigenvalue weighted by Crippen LogP contribution is -2.25. The van der Waals surface area contributed by atoms with Crippen molar-refractivity contribution in [3.05, 3.63) is 24.0 Å². The lowest BCUT2D eigenvalue weighted by Gasteiger charge is -2.16. The van der Waals surface area contributed by atoms with Gasteiger partial charge in [-0.25, -0.2) is 4.98 Å². The average molecular weight is 259 g/mol. The number of nitrogens with one attached hydrogen (secondary N) is 1. The molecular weight excluding hydrogens is 238 g/mol. The smallest absolute Gasteiger partial charge is 0.157 e. The third-order valence-corrected chi connectivity index (χ3v) is 3.71. The molecular formula is C14H21N5. The van der Waals surface area contributed by atoms with E-state index in [0.717, 1.165) is 30.2 Å². The van der Waals surface area contributed by atoms with Crippen molar-refractivity contribution < 1.29 is 0 Å². The van der Waals surface area contributed by atoms with Crippen LogP contribution in [0.5, 0.6) is 0 Å². The summed E-state index contributed by atoms with van der Waals surface area (Å²) in [5.41, 5.74) is 2.03. The number of likely N-dealkylation sites (tertiary alicyclic amines) is 1. The minimum atomic E-state index is 0.423. The van der Waals surface area contributed by atoms with E-state index in [9.17, 15) is 0 Å². The van der Waals surface area contributed by atoms with Gasteiger partial charge in [0.05, 0.1) is 6.20 Å². The summed E-state index contributed by atoms with van der Waals surface area (Å²) in [5, 5.41) is 7.97. The number of likely N-dealkylation sites (N-methyl/N-ethyl adjacent to an activating group) is 1. The first-order chi connectivity index (χ1) is 9.13. The van der Waals surface area contributed by atoms with Crippen LogP contribution in [0.3, 0.4) is 0 Å². The van der Waals surface area contributed by atoms with Crippen molar-refractivity contribution in [3.8, 4) is 0 Å². The van der Waals surface area contributed by atoms with Gasteiger partial charge in [-0.05, 0) is 25.9 Å². The first-order valence-electron chi connectivity index (χ1n) is 6.93. The van der Waals surface area contributed by atoms with Gasteiger partial charge in [-0.2, -0.15) is 9.61 Å². The molecule has 0 bridgehead atoms. The molecule has 0 saturated carbocycles. The molecule has 0 aliphatic carbocycles. The largest absolute Gasteiger partial charge is 0.366 e. The Labute approximate surface area is 113 Å². The average Bonchev–Trinajstić information content (AvgIpc) is 2.97. The van der Waals surface area contributed by atoms with Crippen LogP contribution in [0.4, 0.5) is 5.82 Å². The van der Waals surface area contributed by atoms with E-state index in [1.165, 1.54) is 6.42 Å². The summed E-state index contributed by atoms with van der Waals surface area (Å²) >= 11 is 0. The molecule has 5 heteroatoms. The summed E-state index contributed by atoms with van der Waals surface area (Å²) in [4.78, 5) is 6.98. The van der Waals surface area contributed by atoms with Gasteiger partial charge in [0.2, 0.25) is 0 Å². The van der Waals surface area contributed by atoms with Crippen molar-refractivity contribution in [1.29, 1.82) is 0 Å². The Hall–Kier alpha value is -1.62. The van der Waals surface area contributed by atoms with Crippen LogP contribution < -0.4 is 5.32 Å². The van der Waals surface area contributed by atoms with Crippen LogP contribution in [0.25, 0.3) is 5.65 Å². The van der Waals surface area contributed by atoms with Crippen LogP contribution in [-0.2, 0) is 0 Å². The second kappa shape index (κ2) is 4.81. The molecule has 2 aromatic rings. The molecule has 102 valence electrons. The number of anilines is 1. The summed E-state index contributed by atoms with van der Waals surface area (Å²) in [6.45, 7) is 6.58. The quantitative estimate of drug-likeness (QED) is 0.915. The lowest BCUT2D eigenvalue weighted by atomic mass is 10.1. The number of nitrogens with zero attached hydrogens (tertiary/aromatic N) is 4. The summed E-state index contributed by atoms with van der Waals surface area (Å²) in [5.74, 6) is 1.48. The van der Waals surface area contributed by atoms with Crippen molar-refractivity contribution in [3.63, 3.8) is 0 Å². The van der Waals surface area contributed by atoms with Crippen LogP contribution in [0, 0.1) is 0 Å². The molecule has 0 spiro atoms. The van der Waals surface area contributed by atoms with Crippen LogP contribution in [0.15, 0.2) is 18.3 Å². The summed E-state index contributed by atoms with van der Waals surface area (Å²) < 4.78 is 1.89. The van der Waals surface area contributed by atoms with E-state index in [2.05, 4.69) is 47.3 Å². The molecule has 1 aliphatic rings. The zero-order chi connectivity index (χ0) is 13.4. The fourth-order valence-corrected chi connectivity index (χ4v) is 2.59. The van der Waals surface area contributed by atoms with E-state index in [-0.39, 0.29) is 0 Å². The van der Waals surface area contributed by atoms with Gasteiger partial charge in [-0.1, -0.05) is 13.8 Å². The maximum Gasteiger partial charge on any atom is 0.157 e. The first-order valence-corrected chi connectivity index (χ1v) is 6.93. The van der Waals surface area contributed by atoms with Gasteiger partial charge in [-0.15, -0.1) is 0 Å². The molecule has 3 heterocycles. The van der Waals surface area contributed by atoms with Gasteiger partial charge in [0.15, 0.2) is 5.65 Å². The molecule has 5 nitrogen and oxygen atoms in total. The van der Waals surface area contributed by atoms with Crippen LogP contribution in [-0.4, -0.2) is 45.7 Å². The molecule has 3 rings (SSSR count). The summed E-state index contributed by atoms with van der Waals surface area (Å²) in [6.07, 6.45) is 2.98. The van der Waals surface area contributed by atoms with Gasteiger partial charge < -0.3 is 10.2 Å². The second-order valence-electron chi connectivity index (χ2n) is 5.71. The minimum absolute atomic E-state index is 0.423. The standard InChI is InChI=1S/C14H21N5/c1-10(2)12-8-14(16-11-5-7-18(3)9-11)19-13(17-12)4-6-15-19/h4,6,8,10-11,16H,5,7,9H2,1-3H3/t11-/m1/s1. The summed E-state index contributed by atoms with van der Waals surface area (Å²) in [7, 11) is 2.16. The Morgan fingerprint density at radius 3 is 2.95 bits per heavy atom. The van der Waals surface area contributed by atoms with Gasteiger partial charge in [0.25, 0.3) is 0 Å². The molecule has 0 radical (unpaired) electrons. The molecule has 1 atom stereocenters. The number of fused-ring (bicyclic) bond motifs is 1. The Morgan fingerprint density at radius 1 is 1.42 bits per heavy atom. The van der Waals surface area contributed by atoms with Crippen molar-refractivity contribution in [2.24, 2.45) is 0 Å². The maximum atomic E-state index is 4.63. The Morgan fingerprint density at radius 2 is 2.26 bits per heavy atom. The Kier molecular flexibility index (Phi) is 3.14. The van der Waals surface area contributed by atoms with Crippen molar-refractivity contribution in [2.45, 2.75) is 32.2 Å². The lowest BCUT2D eigenvalue weighted by molar-refractivity contribution is 0.414. The molecule has 1 fully saturated rings. The van der Waals surface area contributed by atoms with E-state index in [1.807, 2.05) is 10.6 Å². The molecule has 0 aromatic carbocycles. The van der Waals surface area contributed by atoms with Gasteiger partial charge in [0, 0.05) is 30.4 Å². The zero-order valence-corrected chi connectivity index (χ0v) is 11.8.